The van der Waals surface area contributed by atoms with Gasteiger partial charge in [0.05, 0.1) is 16.7 Å². The number of aromatic nitrogens is 2. The van der Waals surface area contributed by atoms with Crippen molar-refractivity contribution < 1.29 is 9.72 Å². The van der Waals surface area contributed by atoms with Gasteiger partial charge in [0.1, 0.15) is 16.1 Å². The molecule has 132 valence electrons. The van der Waals surface area contributed by atoms with Crippen LogP contribution in [0.4, 0.5) is 11.4 Å². The third kappa shape index (κ3) is 3.77. The van der Waals surface area contributed by atoms with Crippen molar-refractivity contribution in [2.75, 3.05) is 5.32 Å². The highest BCUT2D eigenvalue weighted by Crippen LogP contribution is 2.30. The third-order valence-corrected chi connectivity index (χ3v) is 4.55. The molecule has 0 spiro atoms. The van der Waals surface area contributed by atoms with E-state index in [1.807, 2.05) is 0 Å². The highest BCUT2D eigenvalue weighted by atomic mass is 35.5. The number of rotatable bonds is 3. The minimum atomic E-state index is -0.567. The van der Waals surface area contributed by atoms with E-state index in [1.54, 1.807) is 25.1 Å². The number of nitrogens with one attached hydrogen (secondary N) is 2. The van der Waals surface area contributed by atoms with Crippen LogP contribution in [0.25, 0.3) is 11.0 Å². The molecule has 26 heavy (non-hydrogen) atoms. The van der Waals surface area contributed by atoms with Crippen LogP contribution in [0, 0.1) is 17.0 Å². The Morgan fingerprint density at radius 2 is 2.00 bits per heavy atom. The van der Waals surface area contributed by atoms with Crippen LogP contribution in [-0.2, 0) is 0 Å². The molecule has 11 heteroatoms. The Kier molecular flexibility index (Phi) is 5.07. The van der Waals surface area contributed by atoms with Gasteiger partial charge in [-0.15, -0.1) is 0 Å². The minimum absolute atomic E-state index is 0.0290. The fraction of sp³-hybridized carbons (Fsp3) is 0.0667. The first-order chi connectivity index (χ1) is 12.3. The molecule has 0 aliphatic rings. The van der Waals surface area contributed by atoms with E-state index in [4.69, 9.17) is 23.8 Å². The molecular weight excluding hydrogens is 398 g/mol. The third-order valence-electron chi connectivity index (χ3n) is 3.48. The molecule has 8 nitrogen and oxygen atoms in total. The summed E-state index contributed by atoms with van der Waals surface area (Å²) in [5.74, 6) is -0.414. The van der Waals surface area contributed by atoms with Crippen molar-refractivity contribution in [3.05, 3.63) is 56.6 Å². The molecule has 1 amide bonds. The Morgan fingerprint density at radius 3 is 2.73 bits per heavy atom. The largest absolute Gasteiger partial charge is 0.332 e. The van der Waals surface area contributed by atoms with E-state index < -0.39 is 10.8 Å². The Balaban J connectivity index is 1.73. The molecule has 3 rings (SSSR count). The number of fused-ring (bicyclic) bond motifs is 1. The van der Waals surface area contributed by atoms with Gasteiger partial charge in [-0.1, -0.05) is 11.6 Å². The Bertz CT molecular complexity index is 1050. The number of nitro benzene ring substituents is 1. The van der Waals surface area contributed by atoms with Crippen LogP contribution in [-0.4, -0.2) is 24.7 Å². The maximum atomic E-state index is 12.3. The van der Waals surface area contributed by atoms with E-state index in [2.05, 4.69) is 19.4 Å². The molecular formula is C15H10ClN5O3S2. The van der Waals surface area contributed by atoms with Crippen LogP contribution in [0.15, 0.2) is 30.3 Å². The van der Waals surface area contributed by atoms with Crippen LogP contribution in [0.2, 0.25) is 5.02 Å². The summed E-state index contributed by atoms with van der Waals surface area (Å²) in [6.45, 7) is 1.67. The fourth-order valence-corrected chi connectivity index (χ4v) is 3.15. The molecule has 0 saturated carbocycles. The van der Waals surface area contributed by atoms with Gasteiger partial charge < -0.3 is 5.32 Å². The lowest BCUT2D eigenvalue weighted by Crippen LogP contribution is -2.34. The van der Waals surface area contributed by atoms with Crippen molar-refractivity contribution in [1.29, 1.82) is 0 Å². The molecule has 0 aliphatic heterocycles. The lowest BCUT2D eigenvalue weighted by atomic mass is 10.1. The fourth-order valence-electron chi connectivity index (χ4n) is 2.19. The van der Waals surface area contributed by atoms with E-state index in [1.165, 1.54) is 12.1 Å². The zero-order valence-electron chi connectivity index (χ0n) is 13.1. The molecule has 0 unspecified atom stereocenters. The first-order valence-electron chi connectivity index (χ1n) is 7.14. The van der Waals surface area contributed by atoms with Gasteiger partial charge in [0.2, 0.25) is 0 Å². The number of carbonyl (C=O) groups is 1. The van der Waals surface area contributed by atoms with Gasteiger partial charge >= 0.3 is 0 Å². The molecule has 3 aromatic rings. The molecule has 0 atom stereocenters. The number of hydrogen-bond acceptors (Lipinski definition) is 7. The minimum Gasteiger partial charge on any atom is -0.332 e. The summed E-state index contributed by atoms with van der Waals surface area (Å²) < 4.78 is 8.16. The second-order valence-corrected chi connectivity index (χ2v) is 6.60. The molecule has 0 bridgehead atoms. The summed E-state index contributed by atoms with van der Waals surface area (Å²) >= 11 is 12.1. The summed E-state index contributed by atoms with van der Waals surface area (Å²) in [7, 11) is 0. The normalized spacial score (nSPS) is 10.5. The van der Waals surface area contributed by atoms with Crippen LogP contribution < -0.4 is 10.6 Å². The van der Waals surface area contributed by atoms with Gasteiger partial charge in [-0.3, -0.25) is 20.2 Å². The van der Waals surface area contributed by atoms with Gasteiger partial charge in [0.25, 0.3) is 11.6 Å². The first-order valence-corrected chi connectivity index (χ1v) is 8.66. The van der Waals surface area contributed by atoms with Gasteiger partial charge in [-0.2, -0.15) is 8.75 Å². The average Bonchev–Trinajstić information content (AvgIpc) is 3.05. The first kappa shape index (κ1) is 18.1. The predicted molar refractivity (Wildman–Crippen MR) is 104 cm³/mol. The van der Waals surface area contributed by atoms with Crippen molar-refractivity contribution in [2.45, 2.75) is 6.92 Å². The molecule has 2 aromatic carbocycles. The number of benzene rings is 2. The maximum absolute atomic E-state index is 12.3. The van der Waals surface area contributed by atoms with E-state index in [0.29, 0.717) is 27.8 Å². The predicted octanol–water partition coefficient (Wildman–Crippen LogP) is 3.69. The number of anilines is 1. The van der Waals surface area contributed by atoms with Crippen molar-refractivity contribution in [1.82, 2.24) is 14.1 Å². The summed E-state index contributed by atoms with van der Waals surface area (Å²) in [5.41, 5.74) is 2.54. The van der Waals surface area contributed by atoms with Gasteiger partial charge in [0.15, 0.2) is 5.11 Å². The zero-order chi connectivity index (χ0) is 18.8. The molecule has 2 N–H and O–H groups in total. The highest BCUT2D eigenvalue weighted by molar-refractivity contribution is 7.80. The number of nitro groups is 1. The second-order valence-electron chi connectivity index (χ2n) is 5.25. The van der Waals surface area contributed by atoms with Crippen molar-refractivity contribution in [3.8, 4) is 0 Å². The SMILES string of the molecule is Cc1cc([N+](=O)[O-])c(Cl)cc1NC(=S)NC(=O)c1ccc2nsnc2c1. The standard InChI is InChI=1S/C15H10ClN5O3S2/c1-7-4-13(21(23)24)9(16)6-11(7)17-15(25)18-14(22)8-2-3-10-12(5-8)20-26-19-10/h2-6H,1H3,(H2,17,18,22,25). The summed E-state index contributed by atoms with van der Waals surface area (Å²) in [6, 6.07) is 7.66. The number of amides is 1. The van der Waals surface area contributed by atoms with E-state index in [-0.39, 0.29) is 15.8 Å². The van der Waals surface area contributed by atoms with Gasteiger partial charge in [0, 0.05) is 17.3 Å². The van der Waals surface area contributed by atoms with Crippen molar-refractivity contribution >= 4 is 69.0 Å². The van der Waals surface area contributed by atoms with E-state index in [9.17, 15) is 14.9 Å². The van der Waals surface area contributed by atoms with Crippen LogP contribution >= 0.6 is 35.5 Å². The number of thiocarbonyl (C=S) groups is 1. The number of carbonyl (C=O) groups excluding carboxylic acids is 1. The average molecular weight is 408 g/mol. The van der Waals surface area contributed by atoms with Gasteiger partial charge in [-0.05, 0) is 49.0 Å². The molecule has 0 saturated heterocycles. The lowest BCUT2D eigenvalue weighted by Gasteiger charge is -2.12. The number of halogens is 1. The van der Waals surface area contributed by atoms with E-state index in [0.717, 1.165) is 11.7 Å². The lowest BCUT2D eigenvalue weighted by molar-refractivity contribution is -0.384. The molecule has 0 fully saturated rings. The highest BCUT2D eigenvalue weighted by Gasteiger charge is 2.16. The van der Waals surface area contributed by atoms with Gasteiger partial charge in [-0.25, -0.2) is 0 Å². The van der Waals surface area contributed by atoms with Crippen molar-refractivity contribution in [2.24, 2.45) is 0 Å². The van der Waals surface area contributed by atoms with Crippen molar-refractivity contribution in [3.63, 3.8) is 0 Å². The summed E-state index contributed by atoms with van der Waals surface area (Å²) in [6.07, 6.45) is 0. The Labute approximate surface area is 161 Å². The smallest absolute Gasteiger partial charge is 0.288 e. The number of aryl methyl sites for hydroxylation is 1. The molecule has 1 aromatic heterocycles. The summed E-state index contributed by atoms with van der Waals surface area (Å²) in [4.78, 5) is 22.6. The quantitative estimate of drug-likeness (QED) is 0.387. The molecule has 1 heterocycles. The molecule has 0 radical (unpaired) electrons. The monoisotopic (exact) mass is 407 g/mol. The summed E-state index contributed by atoms with van der Waals surface area (Å²) in [5, 5.41) is 16.3. The topological polar surface area (TPSA) is 110 Å². The van der Waals surface area contributed by atoms with Crippen LogP contribution in [0.5, 0.6) is 0 Å². The van der Waals surface area contributed by atoms with Crippen LogP contribution in [0.1, 0.15) is 15.9 Å². The Hall–Kier alpha value is -2.69. The number of nitrogens with zero attached hydrogens (tertiary/aromatic N) is 3. The van der Waals surface area contributed by atoms with Crippen LogP contribution in [0.3, 0.4) is 0 Å². The number of hydrogen-bond donors (Lipinski definition) is 2. The molecule has 0 aliphatic carbocycles. The maximum Gasteiger partial charge on any atom is 0.288 e. The zero-order valence-corrected chi connectivity index (χ0v) is 15.5. The Morgan fingerprint density at radius 1 is 1.27 bits per heavy atom. The second kappa shape index (κ2) is 7.28. The van der Waals surface area contributed by atoms with E-state index >= 15 is 0 Å².